The van der Waals surface area contributed by atoms with E-state index in [-0.39, 0.29) is 18.4 Å². The number of amides is 2. The number of hydrogen-bond acceptors (Lipinski definition) is 3. The van der Waals surface area contributed by atoms with E-state index in [1.165, 1.54) is 146 Å². The second-order valence-electron chi connectivity index (χ2n) is 12.8. The molecule has 0 saturated carbocycles. The summed E-state index contributed by atoms with van der Waals surface area (Å²) in [5, 5.41) is 10.3. The summed E-state index contributed by atoms with van der Waals surface area (Å²) in [5.41, 5.74) is 0. The van der Waals surface area contributed by atoms with Crippen molar-refractivity contribution in [2.75, 3.05) is 6.54 Å². The Morgan fingerprint density at radius 2 is 0.707 bits per heavy atom. The predicted molar refractivity (Wildman–Crippen MR) is 178 cm³/mol. The van der Waals surface area contributed by atoms with Gasteiger partial charge in [-0.05, 0) is 19.3 Å². The largest absolute Gasteiger partial charge is 0.391 e. The lowest BCUT2D eigenvalue weighted by atomic mass is 10.0. The minimum Gasteiger partial charge on any atom is -0.391 e. The summed E-state index contributed by atoms with van der Waals surface area (Å²) in [6, 6.07) is 0. The molecule has 2 amide bonds. The van der Waals surface area contributed by atoms with Crippen molar-refractivity contribution in [3.63, 3.8) is 0 Å². The zero-order valence-electron chi connectivity index (χ0n) is 28.2. The molecule has 0 aliphatic rings. The van der Waals surface area contributed by atoms with Crippen LogP contribution in [0.5, 0.6) is 0 Å². The first-order valence-corrected chi connectivity index (χ1v) is 18.6. The highest BCUT2D eigenvalue weighted by Crippen LogP contribution is 2.16. The summed E-state index contributed by atoms with van der Waals surface area (Å²) in [6.45, 7) is 6.73. The summed E-state index contributed by atoms with van der Waals surface area (Å²) in [7, 11) is 0. The zero-order valence-corrected chi connectivity index (χ0v) is 28.2. The Kier molecular flexibility index (Phi) is 31.3. The van der Waals surface area contributed by atoms with Gasteiger partial charge >= 0.3 is 0 Å². The third kappa shape index (κ3) is 27.7. The van der Waals surface area contributed by atoms with Gasteiger partial charge in [0.15, 0.2) is 0 Å². The van der Waals surface area contributed by atoms with Crippen molar-refractivity contribution in [1.82, 2.24) is 4.90 Å². The van der Waals surface area contributed by atoms with Gasteiger partial charge in [0.25, 0.3) is 0 Å². The van der Waals surface area contributed by atoms with Crippen LogP contribution < -0.4 is 0 Å². The molecular weight excluding hydrogens is 506 g/mol. The first-order valence-electron chi connectivity index (χ1n) is 18.6. The average Bonchev–Trinajstić information content (AvgIpc) is 2.96. The smallest absolute Gasteiger partial charge is 0.229 e. The minimum atomic E-state index is -0.605. The van der Waals surface area contributed by atoms with Gasteiger partial charge in [-0.25, -0.2) is 0 Å². The molecule has 41 heavy (non-hydrogen) atoms. The molecule has 4 heteroatoms. The lowest BCUT2D eigenvalue weighted by Crippen LogP contribution is -2.41. The Bertz CT molecular complexity index is 522. The summed E-state index contributed by atoms with van der Waals surface area (Å²) in [5.74, 6) is -0.161. The fourth-order valence-corrected chi connectivity index (χ4v) is 5.84. The van der Waals surface area contributed by atoms with Crippen LogP contribution in [-0.2, 0) is 9.59 Å². The molecule has 0 rings (SSSR count). The normalized spacial score (nSPS) is 12.1. The summed E-state index contributed by atoms with van der Waals surface area (Å²) < 4.78 is 0. The van der Waals surface area contributed by atoms with Gasteiger partial charge in [-0.1, -0.05) is 181 Å². The van der Waals surface area contributed by atoms with E-state index in [2.05, 4.69) is 13.8 Å². The van der Waals surface area contributed by atoms with Crippen molar-refractivity contribution in [2.45, 2.75) is 219 Å². The number of hydrogen-bond donors (Lipinski definition) is 1. The third-order valence-electron chi connectivity index (χ3n) is 8.61. The van der Waals surface area contributed by atoms with Gasteiger partial charge < -0.3 is 5.11 Å². The van der Waals surface area contributed by atoms with Crippen molar-refractivity contribution in [2.24, 2.45) is 0 Å². The highest BCUT2D eigenvalue weighted by Gasteiger charge is 2.23. The van der Waals surface area contributed by atoms with Crippen molar-refractivity contribution in [3.05, 3.63) is 0 Å². The second-order valence-corrected chi connectivity index (χ2v) is 12.8. The molecular formula is C37H73NO3. The zero-order chi connectivity index (χ0) is 30.2. The van der Waals surface area contributed by atoms with Gasteiger partial charge in [0.05, 0.1) is 12.6 Å². The topological polar surface area (TPSA) is 57.6 Å². The number of rotatable bonds is 32. The van der Waals surface area contributed by atoms with Gasteiger partial charge in [-0.2, -0.15) is 0 Å². The molecule has 0 aromatic heterocycles. The first-order chi connectivity index (χ1) is 20.1. The fourth-order valence-electron chi connectivity index (χ4n) is 5.84. The van der Waals surface area contributed by atoms with Gasteiger partial charge in [-0.15, -0.1) is 0 Å². The molecule has 4 nitrogen and oxygen atoms in total. The van der Waals surface area contributed by atoms with Crippen molar-refractivity contribution in [3.8, 4) is 0 Å². The van der Waals surface area contributed by atoms with Gasteiger partial charge in [0, 0.05) is 12.8 Å². The van der Waals surface area contributed by atoms with Gasteiger partial charge in [-0.3, -0.25) is 14.5 Å². The molecule has 0 bridgehead atoms. The molecule has 0 heterocycles. The number of aliphatic hydroxyl groups is 1. The fraction of sp³-hybridized carbons (Fsp3) is 0.946. The number of unbranched alkanes of at least 4 members (excludes halogenated alkanes) is 24. The van der Waals surface area contributed by atoms with Crippen molar-refractivity contribution < 1.29 is 14.7 Å². The van der Waals surface area contributed by atoms with Crippen molar-refractivity contribution in [1.29, 1.82) is 0 Å². The Balaban J connectivity index is 4.01. The number of carbonyl (C=O) groups is 2. The SMILES string of the molecule is CCCCCCCCCCCCCCCC(=O)N(CC(O)CCC)C(=O)CCCCCCCCCCCCCCC. The Morgan fingerprint density at radius 3 is 0.976 bits per heavy atom. The monoisotopic (exact) mass is 580 g/mol. The van der Waals surface area contributed by atoms with E-state index in [1.54, 1.807) is 0 Å². The molecule has 0 saturated heterocycles. The van der Waals surface area contributed by atoms with Crippen molar-refractivity contribution >= 4 is 11.8 Å². The Morgan fingerprint density at radius 1 is 0.439 bits per heavy atom. The van der Waals surface area contributed by atoms with E-state index in [9.17, 15) is 14.7 Å². The molecule has 0 spiro atoms. The van der Waals surface area contributed by atoms with Crippen LogP contribution in [-0.4, -0.2) is 34.5 Å². The highest BCUT2D eigenvalue weighted by atomic mass is 16.3. The molecule has 1 unspecified atom stereocenters. The van der Waals surface area contributed by atoms with Gasteiger partial charge in [0.1, 0.15) is 0 Å². The highest BCUT2D eigenvalue weighted by molar-refractivity contribution is 5.95. The van der Waals surface area contributed by atoms with Crippen LogP contribution in [0.2, 0.25) is 0 Å². The molecule has 244 valence electrons. The van der Waals surface area contributed by atoms with Crippen LogP contribution >= 0.6 is 0 Å². The van der Waals surface area contributed by atoms with Crippen LogP contribution in [0, 0.1) is 0 Å². The van der Waals surface area contributed by atoms with E-state index in [1.807, 2.05) is 6.92 Å². The molecule has 0 aliphatic carbocycles. The van der Waals surface area contributed by atoms with Crippen LogP contribution in [0.1, 0.15) is 213 Å². The number of carbonyl (C=O) groups excluding carboxylic acids is 2. The average molecular weight is 580 g/mol. The van der Waals surface area contributed by atoms with E-state index in [4.69, 9.17) is 0 Å². The summed E-state index contributed by atoms with van der Waals surface area (Å²) >= 11 is 0. The standard InChI is InChI=1S/C37H73NO3/c1-4-7-9-11-13-15-17-19-21-23-25-27-29-32-36(40)38(34-35(39)31-6-3)37(41)33-30-28-26-24-22-20-18-16-14-12-10-8-5-2/h35,39H,4-34H2,1-3H3. The van der Waals surface area contributed by atoms with E-state index >= 15 is 0 Å². The van der Waals surface area contributed by atoms with Crippen LogP contribution in [0.3, 0.4) is 0 Å². The molecule has 0 radical (unpaired) electrons. The summed E-state index contributed by atoms with van der Waals surface area (Å²) in [4.78, 5) is 27.3. The van der Waals surface area contributed by atoms with Crippen LogP contribution in [0.15, 0.2) is 0 Å². The number of aliphatic hydroxyl groups excluding tert-OH is 1. The maximum atomic E-state index is 13.0. The molecule has 0 aromatic carbocycles. The first kappa shape index (κ1) is 40.1. The second kappa shape index (κ2) is 32.0. The Labute approximate surface area is 257 Å². The van der Waals surface area contributed by atoms with E-state index in [0.29, 0.717) is 19.3 Å². The molecule has 0 aliphatic heterocycles. The predicted octanol–water partition coefficient (Wildman–Crippen LogP) is 11.5. The Hall–Kier alpha value is -0.900. The lowest BCUT2D eigenvalue weighted by molar-refractivity contribution is -0.146. The molecule has 1 atom stereocenters. The third-order valence-corrected chi connectivity index (χ3v) is 8.61. The van der Waals surface area contributed by atoms with E-state index < -0.39 is 6.10 Å². The van der Waals surface area contributed by atoms with Gasteiger partial charge in [0.2, 0.25) is 11.8 Å². The molecule has 0 fully saturated rings. The molecule has 1 N–H and O–H groups in total. The quantitative estimate of drug-likeness (QED) is 0.0806. The maximum absolute atomic E-state index is 13.0. The number of nitrogens with zero attached hydrogens (tertiary/aromatic N) is 1. The maximum Gasteiger partial charge on any atom is 0.229 e. The van der Waals surface area contributed by atoms with E-state index in [0.717, 1.165) is 32.1 Å². The minimum absolute atomic E-state index is 0.0806. The summed E-state index contributed by atoms with van der Waals surface area (Å²) in [6.07, 6.45) is 35.0. The molecule has 0 aromatic rings. The lowest BCUT2D eigenvalue weighted by Gasteiger charge is -2.24. The number of imide groups is 1. The van der Waals surface area contributed by atoms with Crippen LogP contribution in [0.4, 0.5) is 0 Å². The van der Waals surface area contributed by atoms with Crippen LogP contribution in [0.25, 0.3) is 0 Å².